The first-order valence-electron chi connectivity index (χ1n) is 6.37. The van der Waals surface area contributed by atoms with E-state index in [-0.39, 0.29) is 11.5 Å². The molecule has 0 radical (unpaired) electrons. The molecule has 0 saturated heterocycles. The van der Waals surface area contributed by atoms with Crippen LogP contribution in [0.1, 0.15) is 38.9 Å². The van der Waals surface area contributed by atoms with Gasteiger partial charge in [0, 0.05) is 5.92 Å². The topological polar surface area (TPSA) is 81.1 Å². The molecule has 0 aliphatic heterocycles. The molecule has 0 aliphatic carbocycles. The van der Waals surface area contributed by atoms with Gasteiger partial charge in [0.15, 0.2) is 0 Å². The Morgan fingerprint density at radius 2 is 2.11 bits per heavy atom. The van der Waals surface area contributed by atoms with Crippen LogP contribution in [0.3, 0.4) is 0 Å². The number of hydrogen-bond donors (Lipinski definition) is 2. The van der Waals surface area contributed by atoms with Gasteiger partial charge >= 0.3 is 0 Å². The van der Waals surface area contributed by atoms with Crippen LogP contribution >= 0.6 is 0 Å². The molecule has 0 spiro atoms. The molecule has 102 valence electrons. The summed E-state index contributed by atoms with van der Waals surface area (Å²) in [4.78, 5) is 16.6. The maximum atomic E-state index is 12.2. The Bertz CT molecular complexity index is 661. The van der Waals surface area contributed by atoms with Gasteiger partial charge in [-0.1, -0.05) is 26.0 Å². The van der Waals surface area contributed by atoms with Gasteiger partial charge in [0.25, 0.3) is 5.56 Å². The van der Waals surface area contributed by atoms with Gasteiger partial charge in [-0.25, -0.2) is 9.66 Å². The predicted octanol–water partition coefficient (Wildman–Crippen LogP) is 1.37. The summed E-state index contributed by atoms with van der Waals surface area (Å²) in [5.74, 6) is 5.90. The van der Waals surface area contributed by atoms with Crippen LogP contribution in [0.4, 0.5) is 0 Å². The van der Waals surface area contributed by atoms with Gasteiger partial charge in [-0.2, -0.15) is 0 Å². The van der Waals surface area contributed by atoms with Crippen LogP contribution in [0, 0.1) is 0 Å². The number of nitrogens with two attached hydrogens (primary N) is 1. The van der Waals surface area contributed by atoms with E-state index in [0.29, 0.717) is 23.1 Å². The molecule has 0 fully saturated rings. The van der Waals surface area contributed by atoms with Gasteiger partial charge in [-0.15, -0.1) is 0 Å². The number of aliphatic hydroxyl groups is 1. The van der Waals surface area contributed by atoms with E-state index in [1.54, 1.807) is 25.1 Å². The summed E-state index contributed by atoms with van der Waals surface area (Å²) in [6.07, 6.45) is 0.552. The van der Waals surface area contributed by atoms with Gasteiger partial charge < -0.3 is 10.9 Å². The van der Waals surface area contributed by atoms with E-state index in [2.05, 4.69) is 4.98 Å². The number of benzene rings is 1. The number of nitrogens with zero attached hydrogens (tertiary/aromatic N) is 2. The van der Waals surface area contributed by atoms with Crippen molar-refractivity contribution >= 4 is 10.9 Å². The van der Waals surface area contributed by atoms with Crippen molar-refractivity contribution in [2.24, 2.45) is 0 Å². The third kappa shape index (κ3) is 2.21. The second-order valence-corrected chi connectivity index (χ2v) is 5.09. The third-order valence-electron chi connectivity index (χ3n) is 3.87. The number of nitrogen functional groups attached to an aromatic ring is 1. The van der Waals surface area contributed by atoms with E-state index < -0.39 is 5.60 Å². The Morgan fingerprint density at radius 1 is 1.47 bits per heavy atom. The lowest BCUT2D eigenvalue weighted by Gasteiger charge is -2.29. The summed E-state index contributed by atoms with van der Waals surface area (Å²) < 4.78 is 1.04. The summed E-state index contributed by atoms with van der Waals surface area (Å²) in [6, 6.07) is 7.06. The molecule has 2 atom stereocenters. The molecule has 0 aliphatic rings. The predicted molar refractivity (Wildman–Crippen MR) is 75.5 cm³/mol. The molecule has 0 amide bonds. The lowest BCUT2D eigenvalue weighted by molar-refractivity contribution is 0.0288. The fraction of sp³-hybridized carbons (Fsp3) is 0.429. The molecule has 2 rings (SSSR count). The zero-order valence-electron chi connectivity index (χ0n) is 11.4. The Labute approximate surface area is 111 Å². The smallest absolute Gasteiger partial charge is 0.279 e. The number of para-hydroxylation sites is 1. The molecule has 0 saturated carbocycles. The molecule has 3 N–H and O–H groups in total. The summed E-state index contributed by atoms with van der Waals surface area (Å²) in [5, 5.41) is 10.8. The molecule has 1 aromatic heterocycles. The molecular formula is C14H19N3O2. The van der Waals surface area contributed by atoms with E-state index in [1.165, 1.54) is 0 Å². The monoisotopic (exact) mass is 261 g/mol. The minimum Gasteiger partial charge on any atom is -0.389 e. The molecular weight excluding hydrogens is 242 g/mol. The van der Waals surface area contributed by atoms with Crippen LogP contribution in [-0.4, -0.2) is 20.4 Å². The minimum absolute atomic E-state index is 0.292. The van der Waals surface area contributed by atoms with Crippen molar-refractivity contribution in [3.63, 3.8) is 0 Å². The van der Waals surface area contributed by atoms with Crippen LogP contribution in [0.5, 0.6) is 0 Å². The minimum atomic E-state index is -0.955. The molecule has 19 heavy (non-hydrogen) atoms. The van der Waals surface area contributed by atoms with Crippen LogP contribution in [0.15, 0.2) is 29.1 Å². The normalized spacial score (nSPS) is 16.2. The number of rotatable bonds is 3. The second-order valence-electron chi connectivity index (χ2n) is 5.09. The Kier molecular flexibility index (Phi) is 3.32. The van der Waals surface area contributed by atoms with Crippen molar-refractivity contribution in [1.29, 1.82) is 0 Å². The SMILES string of the molecule is CCC(C)(O)C(C)c1nc2ccccc2c(=O)n1N. The van der Waals surface area contributed by atoms with E-state index in [0.717, 1.165) is 4.68 Å². The molecule has 5 heteroatoms. The van der Waals surface area contributed by atoms with Crippen molar-refractivity contribution in [2.45, 2.75) is 38.7 Å². The lowest BCUT2D eigenvalue weighted by atomic mass is 9.87. The third-order valence-corrected chi connectivity index (χ3v) is 3.87. The van der Waals surface area contributed by atoms with Crippen molar-refractivity contribution < 1.29 is 5.11 Å². The average Bonchev–Trinajstić information content (AvgIpc) is 2.42. The highest BCUT2D eigenvalue weighted by Gasteiger charge is 2.31. The summed E-state index contributed by atoms with van der Waals surface area (Å²) >= 11 is 0. The first kappa shape index (κ1) is 13.5. The van der Waals surface area contributed by atoms with Crippen molar-refractivity contribution in [3.8, 4) is 0 Å². The average molecular weight is 261 g/mol. The van der Waals surface area contributed by atoms with Gasteiger partial charge in [0.1, 0.15) is 5.82 Å². The number of aromatic nitrogens is 2. The first-order valence-corrected chi connectivity index (χ1v) is 6.37. The van der Waals surface area contributed by atoms with E-state index in [4.69, 9.17) is 5.84 Å². The van der Waals surface area contributed by atoms with E-state index in [1.807, 2.05) is 19.9 Å². The Balaban J connectivity index is 2.69. The molecule has 1 heterocycles. The Morgan fingerprint density at radius 3 is 2.74 bits per heavy atom. The highest BCUT2D eigenvalue weighted by atomic mass is 16.3. The van der Waals surface area contributed by atoms with Crippen molar-refractivity contribution in [2.75, 3.05) is 5.84 Å². The summed E-state index contributed by atoms with van der Waals surface area (Å²) in [7, 11) is 0. The quantitative estimate of drug-likeness (QED) is 0.818. The van der Waals surface area contributed by atoms with Crippen LogP contribution in [-0.2, 0) is 0 Å². The molecule has 5 nitrogen and oxygen atoms in total. The van der Waals surface area contributed by atoms with Gasteiger partial charge in [-0.05, 0) is 25.5 Å². The van der Waals surface area contributed by atoms with Gasteiger partial charge in [0.2, 0.25) is 0 Å². The van der Waals surface area contributed by atoms with E-state index >= 15 is 0 Å². The van der Waals surface area contributed by atoms with Crippen LogP contribution in [0.2, 0.25) is 0 Å². The fourth-order valence-corrected chi connectivity index (χ4v) is 2.05. The maximum Gasteiger partial charge on any atom is 0.279 e. The molecule has 2 unspecified atom stereocenters. The molecule has 0 bridgehead atoms. The first-order chi connectivity index (χ1) is 8.88. The second kappa shape index (κ2) is 4.66. The zero-order chi connectivity index (χ0) is 14.2. The van der Waals surface area contributed by atoms with Crippen LogP contribution < -0.4 is 11.4 Å². The highest BCUT2D eigenvalue weighted by molar-refractivity contribution is 5.77. The largest absolute Gasteiger partial charge is 0.389 e. The zero-order valence-corrected chi connectivity index (χ0v) is 11.4. The lowest BCUT2D eigenvalue weighted by Crippen LogP contribution is -2.39. The van der Waals surface area contributed by atoms with Crippen molar-refractivity contribution in [1.82, 2.24) is 9.66 Å². The van der Waals surface area contributed by atoms with Crippen LogP contribution in [0.25, 0.3) is 10.9 Å². The molecule has 1 aromatic carbocycles. The summed E-state index contributed by atoms with van der Waals surface area (Å²) in [6.45, 7) is 5.43. The van der Waals surface area contributed by atoms with Gasteiger partial charge in [0.05, 0.1) is 16.5 Å². The van der Waals surface area contributed by atoms with E-state index in [9.17, 15) is 9.90 Å². The highest BCUT2D eigenvalue weighted by Crippen LogP contribution is 2.28. The fourth-order valence-electron chi connectivity index (χ4n) is 2.05. The maximum absolute atomic E-state index is 12.2. The van der Waals surface area contributed by atoms with Crippen molar-refractivity contribution in [3.05, 3.63) is 40.4 Å². The number of hydrogen-bond acceptors (Lipinski definition) is 4. The van der Waals surface area contributed by atoms with Gasteiger partial charge in [-0.3, -0.25) is 4.79 Å². The number of fused-ring (bicyclic) bond motifs is 1. The molecule has 2 aromatic rings. The summed E-state index contributed by atoms with van der Waals surface area (Å²) in [5.41, 5.74) is -0.648. The Hall–Kier alpha value is -1.88. The standard InChI is InChI=1S/C14H19N3O2/c1-4-14(3,19)9(2)12-16-11-8-6-5-7-10(11)13(18)17(12)15/h5-9,19H,4,15H2,1-3H3.